The molecule has 0 aliphatic carbocycles. The molecule has 0 amide bonds. The highest BCUT2D eigenvalue weighted by Gasteiger charge is 2.03. The van der Waals surface area contributed by atoms with E-state index in [4.69, 9.17) is 4.74 Å². The van der Waals surface area contributed by atoms with Gasteiger partial charge in [-0.3, -0.25) is 4.79 Å². The predicted molar refractivity (Wildman–Crippen MR) is 123 cm³/mol. The number of hydrogen-bond donors (Lipinski definition) is 0. The standard InChI is InChI=1S/C25H42O2S/c1-2-3-4-5-6-7-8-9-10-11-12-13-14-15-19-22-27-25(26)23-28-24-20-17-16-18-21-24/h16-18,20-21H,2-15,19,22-23H2,1H3. The molecule has 1 aromatic carbocycles. The fourth-order valence-electron chi connectivity index (χ4n) is 3.36. The second kappa shape index (κ2) is 19.4. The molecule has 0 N–H and O–H groups in total. The average Bonchev–Trinajstić information content (AvgIpc) is 2.72. The molecule has 1 aromatic rings. The maximum absolute atomic E-state index is 11.7. The average molecular weight is 407 g/mol. The van der Waals surface area contributed by atoms with Gasteiger partial charge >= 0.3 is 5.97 Å². The molecule has 2 nitrogen and oxygen atoms in total. The Morgan fingerprint density at radius 3 is 1.68 bits per heavy atom. The second-order valence-corrected chi connectivity index (χ2v) is 8.82. The summed E-state index contributed by atoms with van der Waals surface area (Å²) in [5.41, 5.74) is 0. The Kier molecular flexibility index (Phi) is 17.3. The number of thioether (sulfide) groups is 1. The number of hydrogen-bond acceptors (Lipinski definition) is 3. The first kappa shape index (κ1) is 25.1. The molecular weight excluding hydrogens is 364 g/mol. The summed E-state index contributed by atoms with van der Waals surface area (Å²) < 4.78 is 5.32. The minimum Gasteiger partial charge on any atom is -0.465 e. The Balaban J connectivity index is 1.75. The van der Waals surface area contributed by atoms with Crippen molar-refractivity contribution in [3.05, 3.63) is 30.3 Å². The lowest BCUT2D eigenvalue weighted by molar-refractivity contribution is -0.140. The van der Waals surface area contributed by atoms with E-state index in [0.717, 1.165) is 11.3 Å². The molecule has 160 valence electrons. The van der Waals surface area contributed by atoms with Crippen molar-refractivity contribution in [3.63, 3.8) is 0 Å². The van der Waals surface area contributed by atoms with Crippen LogP contribution < -0.4 is 0 Å². The van der Waals surface area contributed by atoms with E-state index in [1.54, 1.807) is 11.8 Å². The van der Waals surface area contributed by atoms with Crippen LogP contribution in [-0.2, 0) is 9.53 Å². The van der Waals surface area contributed by atoms with Gasteiger partial charge in [-0.1, -0.05) is 115 Å². The quantitative estimate of drug-likeness (QED) is 0.132. The molecule has 1 rings (SSSR count). The van der Waals surface area contributed by atoms with Gasteiger partial charge in [0.25, 0.3) is 0 Å². The van der Waals surface area contributed by atoms with E-state index in [2.05, 4.69) is 6.92 Å². The smallest absolute Gasteiger partial charge is 0.316 e. The molecule has 0 heterocycles. The summed E-state index contributed by atoms with van der Waals surface area (Å²) >= 11 is 1.54. The topological polar surface area (TPSA) is 26.3 Å². The number of carbonyl (C=O) groups is 1. The van der Waals surface area contributed by atoms with E-state index >= 15 is 0 Å². The van der Waals surface area contributed by atoms with Crippen molar-refractivity contribution in [2.75, 3.05) is 12.4 Å². The molecule has 0 fully saturated rings. The zero-order valence-corrected chi connectivity index (χ0v) is 18.9. The molecule has 0 saturated heterocycles. The SMILES string of the molecule is CCCCCCCCCCCCCCCCCOC(=O)CSc1ccccc1. The molecule has 0 spiro atoms. The van der Waals surface area contributed by atoms with Gasteiger partial charge in [0.05, 0.1) is 12.4 Å². The van der Waals surface area contributed by atoms with Gasteiger partial charge in [-0.15, -0.1) is 11.8 Å². The summed E-state index contributed by atoms with van der Waals surface area (Å²) in [5, 5.41) is 0. The number of ether oxygens (including phenoxy) is 1. The van der Waals surface area contributed by atoms with E-state index < -0.39 is 0 Å². The van der Waals surface area contributed by atoms with Gasteiger partial charge in [0.1, 0.15) is 0 Å². The predicted octanol–water partition coefficient (Wildman–Crippen LogP) is 8.19. The van der Waals surface area contributed by atoms with Gasteiger partial charge in [-0.25, -0.2) is 0 Å². The minimum atomic E-state index is -0.0979. The van der Waals surface area contributed by atoms with Crippen molar-refractivity contribution in [1.82, 2.24) is 0 Å². The van der Waals surface area contributed by atoms with Gasteiger partial charge < -0.3 is 4.74 Å². The van der Waals surface area contributed by atoms with Crippen LogP contribution in [0.1, 0.15) is 103 Å². The lowest BCUT2D eigenvalue weighted by Gasteiger charge is -2.05. The Hall–Kier alpha value is -0.960. The lowest BCUT2D eigenvalue weighted by Crippen LogP contribution is -2.08. The summed E-state index contributed by atoms with van der Waals surface area (Å²) in [6.07, 6.45) is 20.3. The number of carbonyl (C=O) groups excluding carboxylic acids is 1. The number of unbranched alkanes of at least 4 members (excludes halogenated alkanes) is 14. The highest BCUT2D eigenvalue weighted by Crippen LogP contribution is 2.17. The molecule has 0 radical (unpaired) electrons. The molecule has 0 aromatic heterocycles. The van der Waals surface area contributed by atoms with Crippen molar-refractivity contribution < 1.29 is 9.53 Å². The maximum atomic E-state index is 11.7. The lowest BCUT2D eigenvalue weighted by atomic mass is 10.0. The van der Waals surface area contributed by atoms with Crippen LogP contribution in [0.15, 0.2) is 35.2 Å². The van der Waals surface area contributed by atoms with Gasteiger partial charge in [0.2, 0.25) is 0 Å². The Morgan fingerprint density at radius 1 is 0.714 bits per heavy atom. The van der Waals surface area contributed by atoms with E-state index in [1.807, 2.05) is 30.3 Å². The van der Waals surface area contributed by atoms with Crippen molar-refractivity contribution in [2.24, 2.45) is 0 Å². The van der Waals surface area contributed by atoms with E-state index in [9.17, 15) is 4.79 Å². The van der Waals surface area contributed by atoms with Crippen LogP contribution in [0.2, 0.25) is 0 Å². The van der Waals surface area contributed by atoms with Crippen LogP contribution >= 0.6 is 11.8 Å². The fourth-order valence-corrected chi connectivity index (χ4v) is 4.08. The highest BCUT2D eigenvalue weighted by molar-refractivity contribution is 8.00. The molecule has 0 bridgehead atoms. The van der Waals surface area contributed by atoms with Crippen molar-refractivity contribution in [1.29, 1.82) is 0 Å². The molecule has 28 heavy (non-hydrogen) atoms. The third-order valence-corrected chi connectivity index (χ3v) is 6.10. The first-order valence-electron chi connectivity index (χ1n) is 11.7. The van der Waals surface area contributed by atoms with Gasteiger partial charge in [-0.2, -0.15) is 0 Å². The van der Waals surface area contributed by atoms with Crippen molar-refractivity contribution in [3.8, 4) is 0 Å². The van der Waals surface area contributed by atoms with E-state index in [1.165, 1.54) is 89.9 Å². The van der Waals surface area contributed by atoms with Crippen LogP contribution in [-0.4, -0.2) is 18.3 Å². The minimum absolute atomic E-state index is 0.0979. The summed E-state index contributed by atoms with van der Waals surface area (Å²) in [7, 11) is 0. The summed E-state index contributed by atoms with van der Waals surface area (Å²) in [5.74, 6) is 0.308. The zero-order valence-electron chi connectivity index (χ0n) is 18.1. The van der Waals surface area contributed by atoms with E-state index in [-0.39, 0.29) is 5.97 Å². The fraction of sp³-hybridized carbons (Fsp3) is 0.720. The van der Waals surface area contributed by atoms with Crippen molar-refractivity contribution in [2.45, 2.75) is 108 Å². The first-order valence-corrected chi connectivity index (χ1v) is 12.6. The largest absolute Gasteiger partial charge is 0.465 e. The molecule has 0 unspecified atom stereocenters. The highest BCUT2D eigenvalue weighted by atomic mass is 32.2. The molecule has 0 aliphatic rings. The first-order chi connectivity index (χ1) is 13.8. The van der Waals surface area contributed by atoms with Gasteiger partial charge in [0, 0.05) is 4.90 Å². The van der Waals surface area contributed by atoms with Crippen LogP contribution in [0.3, 0.4) is 0 Å². The van der Waals surface area contributed by atoms with Crippen LogP contribution in [0.5, 0.6) is 0 Å². The zero-order chi connectivity index (χ0) is 20.1. The Labute approximate surface area is 178 Å². The number of benzene rings is 1. The maximum Gasteiger partial charge on any atom is 0.316 e. The van der Waals surface area contributed by atoms with Gasteiger partial charge in [-0.05, 0) is 18.6 Å². The third-order valence-electron chi connectivity index (χ3n) is 5.11. The Bertz CT molecular complexity index is 461. The number of esters is 1. The molecule has 0 saturated carbocycles. The van der Waals surface area contributed by atoms with Crippen molar-refractivity contribution >= 4 is 17.7 Å². The molecule has 0 atom stereocenters. The number of rotatable bonds is 19. The second-order valence-electron chi connectivity index (χ2n) is 7.77. The summed E-state index contributed by atoms with van der Waals surface area (Å²) in [6, 6.07) is 10.0. The van der Waals surface area contributed by atoms with Gasteiger partial charge in [0.15, 0.2) is 0 Å². The molecular formula is C25H42O2S. The Morgan fingerprint density at radius 2 is 1.18 bits per heavy atom. The summed E-state index contributed by atoms with van der Waals surface area (Å²) in [4.78, 5) is 12.8. The normalized spacial score (nSPS) is 10.9. The van der Waals surface area contributed by atoms with Crippen LogP contribution in [0.25, 0.3) is 0 Å². The summed E-state index contributed by atoms with van der Waals surface area (Å²) in [6.45, 7) is 2.86. The van der Waals surface area contributed by atoms with E-state index in [0.29, 0.717) is 12.4 Å². The third kappa shape index (κ3) is 16.0. The molecule has 3 heteroatoms. The van der Waals surface area contributed by atoms with Crippen LogP contribution in [0, 0.1) is 0 Å². The molecule has 0 aliphatic heterocycles. The van der Waals surface area contributed by atoms with Crippen LogP contribution in [0.4, 0.5) is 0 Å². The monoisotopic (exact) mass is 406 g/mol.